The van der Waals surface area contributed by atoms with E-state index in [0.29, 0.717) is 10.5 Å². The fourth-order valence-electron chi connectivity index (χ4n) is 4.20. The molecule has 5 atom stereocenters. The Balaban J connectivity index is 1.56. The lowest BCUT2D eigenvalue weighted by molar-refractivity contribution is -0.250. The van der Waals surface area contributed by atoms with Crippen molar-refractivity contribution in [3.8, 4) is 5.75 Å². The van der Waals surface area contributed by atoms with Crippen LogP contribution in [0, 0.1) is 0 Å². The van der Waals surface area contributed by atoms with Gasteiger partial charge < -0.3 is 34.8 Å². The molecule has 0 unspecified atom stereocenters. The first-order valence-corrected chi connectivity index (χ1v) is 11.6. The number of hydrogen-bond donors (Lipinski definition) is 5. The molecule has 1 aliphatic rings. The maximum Gasteiger partial charge on any atom is 0.163 e. The first kappa shape index (κ1) is 22.5. The molecule has 4 aromatic rings. The Kier molecular flexibility index (Phi) is 6.00. The Bertz CT molecular complexity index is 1330. The van der Waals surface area contributed by atoms with E-state index in [4.69, 9.17) is 16.3 Å². The smallest absolute Gasteiger partial charge is 0.163 e. The van der Waals surface area contributed by atoms with Crippen LogP contribution in [0.25, 0.3) is 21.7 Å². The number of hydrogen-bond acceptors (Lipinski definition) is 7. The lowest BCUT2D eigenvalue weighted by Crippen LogP contribution is -2.56. The molecule has 33 heavy (non-hydrogen) atoms. The third-order valence-corrected chi connectivity index (χ3v) is 7.19. The monoisotopic (exact) mass is 487 g/mol. The minimum atomic E-state index is -1.48. The van der Waals surface area contributed by atoms with Gasteiger partial charge in [0, 0.05) is 26.4 Å². The van der Waals surface area contributed by atoms with Gasteiger partial charge in [-0.25, -0.2) is 0 Å². The summed E-state index contributed by atoms with van der Waals surface area (Å²) in [6.07, 6.45) is -4.57. The Labute approximate surface area is 198 Å². The van der Waals surface area contributed by atoms with Crippen molar-refractivity contribution in [3.05, 3.63) is 65.8 Å². The van der Waals surface area contributed by atoms with Crippen LogP contribution < -0.4 is 0 Å². The van der Waals surface area contributed by atoms with E-state index >= 15 is 0 Å². The molecule has 0 bridgehead atoms. The van der Waals surface area contributed by atoms with Gasteiger partial charge in [0.1, 0.15) is 30.2 Å². The van der Waals surface area contributed by atoms with Crippen molar-refractivity contribution in [2.75, 3.05) is 6.61 Å². The Morgan fingerprint density at radius 2 is 1.67 bits per heavy atom. The molecule has 5 N–H and O–H groups in total. The van der Waals surface area contributed by atoms with Crippen LogP contribution in [0.4, 0.5) is 0 Å². The van der Waals surface area contributed by atoms with Crippen molar-refractivity contribution in [1.82, 2.24) is 4.57 Å². The number of aliphatic hydroxyl groups is 4. The molecule has 0 aliphatic carbocycles. The second kappa shape index (κ2) is 8.81. The van der Waals surface area contributed by atoms with Gasteiger partial charge in [-0.2, -0.15) is 0 Å². The molecular formula is C24H22ClNO6S. The van der Waals surface area contributed by atoms with E-state index in [1.54, 1.807) is 35.0 Å². The zero-order valence-corrected chi connectivity index (χ0v) is 18.8. The largest absolute Gasteiger partial charge is 0.508 e. The van der Waals surface area contributed by atoms with Gasteiger partial charge in [0.2, 0.25) is 0 Å². The number of aromatic nitrogens is 1. The van der Waals surface area contributed by atoms with E-state index in [-0.39, 0.29) is 5.75 Å². The highest BCUT2D eigenvalue weighted by Crippen LogP contribution is 2.40. The Morgan fingerprint density at radius 3 is 2.45 bits per heavy atom. The number of fused-ring (bicyclic) bond motifs is 2. The summed E-state index contributed by atoms with van der Waals surface area (Å²) in [6, 6.07) is 16.5. The van der Waals surface area contributed by atoms with Crippen molar-refractivity contribution in [1.29, 1.82) is 0 Å². The SMILES string of the molecule is OC[C@H]1O[C@@H](n2cc(Sc3ccc4cc(O)ccc4c3)c3ccc(Cl)cc32)[C@H](O)[C@@H](O)[C@@H]1O. The minimum absolute atomic E-state index is 0.211. The van der Waals surface area contributed by atoms with Gasteiger partial charge in [-0.15, -0.1) is 0 Å². The summed E-state index contributed by atoms with van der Waals surface area (Å²) >= 11 is 7.76. The fourth-order valence-corrected chi connectivity index (χ4v) is 5.39. The van der Waals surface area contributed by atoms with Gasteiger partial charge in [-0.3, -0.25) is 0 Å². The van der Waals surface area contributed by atoms with Crippen molar-refractivity contribution >= 4 is 45.0 Å². The molecule has 5 rings (SSSR count). The van der Waals surface area contributed by atoms with E-state index in [1.807, 2.05) is 30.3 Å². The quantitative estimate of drug-likeness (QED) is 0.300. The Hall–Kier alpha value is -2.30. The zero-order chi connectivity index (χ0) is 23.3. The number of benzene rings is 3. The Morgan fingerprint density at radius 1 is 0.909 bits per heavy atom. The molecule has 1 aromatic heterocycles. The first-order valence-electron chi connectivity index (χ1n) is 10.4. The number of aliphatic hydroxyl groups excluding tert-OH is 4. The van der Waals surface area contributed by atoms with Crippen LogP contribution in [0.5, 0.6) is 5.75 Å². The lowest BCUT2D eigenvalue weighted by Gasteiger charge is -2.40. The van der Waals surface area contributed by atoms with Crippen LogP contribution in [0.1, 0.15) is 6.23 Å². The van der Waals surface area contributed by atoms with Gasteiger partial charge >= 0.3 is 0 Å². The van der Waals surface area contributed by atoms with Crippen LogP contribution in [0.2, 0.25) is 5.02 Å². The molecule has 172 valence electrons. The number of rotatable bonds is 4. The molecule has 2 heterocycles. The zero-order valence-electron chi connectivity index (χ0n) is 17.2. The van der Waals surface area contributed by atoms with Crippen molar-refractivity contribution in [3.63, 3.8) is 0 Å². The standard InChI is InChI=1S/C24H22ClNO6S/c25-14-3-6-17-18(9-14)26(24-23(31)22(30)21(29)19(11-27)32-24)10-20(17)33-16-5-2-12-7-15(28)4-1-13(12)8-16/h1-10,19,21-24,27-31H,11H2/t19-,21-,22+,23-,24-/m1/s1. The van der Waals surface area contributed by atoms with E-state index in [1.165, 1.54) is 11.8 Å². The number of halogens is 1. The summed E-state index contributed by atoms with van der Waals surface area (Å²) in [5.74, 6) is 0.211. The van der Waals surface area contributed by atoms with Crippen LogP contribution in [0.3, 0.4) is 0 Å². The van der Waals surface area contributed by atoms with E-state index in [2.05, 4.69) is 0 Å². The van der Waals surface area contributed by atoms with Gasteiger partial charge in [0.25, 0.3) is 0 Å². The van der Waals surface area contributed by atoms with E-state index in [9.17, 15) is 25.5 Å². The fraction of sp³-hybridized carbons (Fsp3) is 0.250. The number of aromatic hydroxyl groups is 1. The number of ether oxygens (including phenoxy) is 1. The maximum absolute atomic E-state index is 10.6. The van der Waals surface area contributed by atoms with E-state index < -0.39 is 37.3 Å². The van der Waals surface area contributed by atoms with Gasteiger partial charge in [0.15, 0.2) is 6.23 Å². The average Bonchev–Trinajstić information content (AvgIpc) is 3.15. The number of phenolic OH excluding ortho intramolecular Hbond substituents is 1. The molecule has 1 saturated heterocycles. The molecule has 3 aromatic carbocycles. The van der Waals surface area contributed by atoms with Gasteiger partial charge in [0.05, 0.1) is 12.1 Å². The third kappa shape index (κ3) is 4.08. The summed E-state index contributed by atoms with van der Waals surface area (Å²) in [7, 11) is 0. The highest BCUT2D eigenvalue weighted by Gasteiger charge is 2.44. The molecule has 0 radical (unpaired) electrons. The topological polar surface area (TPSA) is 115 Å². The molecule has 1 aliphatic heterocycles. The molecule has 9 heteroatoms. The first-order chi connectivity index (χ1) is 15.9. The average molecular weight is 488 g/mol. The van der Waals surface area contributed by atoms with Crippen molar-refractivity contribution < 1.29 is 30.3 Å². The number of phenols is 1. The maximum atomic E-state index is 10.6. The summed E-state index contributed by atoms with van der Waals surface area (Å²) in [6.45, 7) is -0.504. The van der Waals surface area contributed by atoms with Crippen LogP contribution in [-0.4, -0.2) is 61.1 Å². The van der Waals surface area contributed by atoms with E-state index in [0.717, 1.165) is 25.9 Å². The molecule has 0 saturated carbocycles. The van der Waals surface area contributed by atoms with Crippen LogP contribution in [0.15, 0.2) is 70.6 Å². The highest BCUT2D eigenvalue weighted by molar-refractivity contribution is 7.99. The molecule has 0 amide bonds. The molecule has 0 spiro atoms. The molecule has 7 nitrogen and oxygen atoms in total. The summed E-state index contributed by atoms with van der Waals surface area (Å²) in [5, 5.41) is 53.6. The predicted octanol–water partition coefficient (Wildman–Crippen LogP) is 3.28. The predicted molar refractivity (Wildman–Crippen MR) is 126 cm³/mol. The second-order valence-corrected chi connectivity index (χ2v) is 9.63. The second-order valence-electron chi connectivity index (χ2n) is 8.08. The normalized spacial score (nSPS) is 25.7. The summed E-state index contributed by atoms with van der Waals surface area (Å²) in [5.41, 5.74) is 0.681. The summed E-state index contributed by atoms with van der Waals surface area (Å²) in [4.78, 5) is 1.84. The molecular weight excluding hydrogens is 466 g/mol. The lowest BCUT2D eigenvalue weighted by atomic mass is 9.98. The van der Waals surface area contributed by atoms with Crippen LogP contribution >= 0.6 is 23.4 Å². The molecule has 1 fully saturated rings. The van der Waals surface area contributed by atoms with Crippen LogP contribution in [-0.2, 0) is 4.74 Å². The number of nitrogens with zero attached hydrogens (tertiary/aromatic N) is 1. The minimum Gasteiger partial charge on any atom is -0.508 e. The summed E-state index contributed by atoms with van der Waals surface area (Å²) < 4.78 is 7.45. The third-order valence-electron chi connectivity index (χ3n) is 5.92. The van der Waals surface area contributed by atoms with Gasteiger partial charge in [-0.1, -0.05) is 41.6 Å². The van der Waals surface area contributed by atoms with Crippen molar-refractivity contribution in [2.24, 2.45) is 0 Å². The van der Waals surface area contributed by atoms with Crippen molar-refractivity contribution in [2.45, 2.75) is 40.4 Å². The highest BCUT2D eigenvalue weighted by atomic mass is 35.5. The van der Waals surface area contributed by atoms with Gasteiger partial charge in [-0.05, 0) is 47.2 Å².